The van der Waals surface area contributed by atoms with Gasteiger partial charge in [-0.3, -0.25) is 19.7 Å². The minimum absolute atomic E-state index is 0.138. The second-order valence-corrected chi connectivity index (χ2v) is 3.65. The predicted molar refractivity (Wildman–Crippen MR) is 55.7 cm³/mol. The number of hydrogen-bond acceptors (Lipinski definition) is 5. The van der Waals surface area contributed by atoms with E-state index in [0.717, 1.165) is 0 Å². The minimum Gasteiger partial charge on any atom is -0.317 e. The topological polar surface area (TPSA) is 92.3 Å². The van der Waals surface area contributed by atoms with Crippen LogP contribution in [0.15, 0.2) is 18.7 Å². The summed E-state index contributed by atoms with van der Waals surface area (Å²) >= 11 is 0. The summed E-state index contributed by atoms with van der Waals surface area (Å²) in [6.07, 6.45) is 3.99. The number of piperazine rings is 1. The summed E-state index contributed by atoms with van der Waals surface area (Å²) in [4.78, 5) is 43.3. The number of rotatable bonds is 1. The van der Waals surface area contributed by atoms with Gasteiger partial charge in [-0.1, -0.05) is 0 Å². The quantitative estimate of drug-likeness (QED) is 0.627. The van der Waals surface area contributed by atoms with Gasteiger partial charge in [-0.25, -0.2) is 9.97 Å². The summed E-state index contributed by atoms with van der Waals surface area (Å²) in [5.41, 5.74) is 0.252. The zero-order valence-corrected chi connectivity index (χ0v) is 9.08. The molecule has 1 aliphatic rings. The lowest BCUT2D eigenvalue weighted by atomic mass is 10.1. The van der Waals surface area contributed by atoms with Gasteiger partial charge < -0.3 is 4.90 Å². The average molecular weight is 234 g/mol. The van der Waals surface area contributed by atoms with Gasteiger partial charge in [-0.05, 0) is 6.92 Å². The summed E-state index contributed by atoms with van der Waals surface area (Å²) < 4.78 is 0. The first-order valence-electron chi connectivity index (χ1n) is 4.99. The third-order valence-electron chi connectivity index (χ3n) is 2.49. The van der Waals surface area contributed by atoms with Gasteiger partial charge >= 0.3 is 0 Å². The fourth-order valence-corrected chi connectivity index (χ4v) is 1.54. The van der Waals surface area contributed by atoms with Gasteiger partial charge in [0.25, 0.3) is 5.91 Å². The first-order chi connectivity index (χ1) is 8.09. The monoisotopic (exact) mass is 234 g/mol. The number of imide groups is 1. The van der Waals surface area contributed by atoms with Crippen molar-refractivity contribution in [3.05, 3.63) is 24.3 Å². The van der Waals surface area contributed by atoms with Crippen LogP contribution in [-0.2, 0) is 9.59 Å². The number of hydrogen-bond donors (Lipinski definition) is 1. The fourth-order valence-electron chi connectivity index (χ4n) is 1.54. The first-order valence-corrected chi connectivity index (χ1v) is 4.99. The molecule has 1 aromatic heterocycles. The molecule has 7 nitrogen and oxygen atoms in total. The van der Waals surface area contributed by atoms with Crippen LogP contribution in [0.1, 0.15) is 17.3 Å². The van der Waals surface area contributed by atoms with Crippen LogP contribution in [0, 0.1) is 0 Å². The Morgan fingerprint density at radius 3 is 2.71 bits per heavy atom. The number of amides is 3. The van der Waals surface area contributed by atoms with E-state index in [4.69, 9.17) is 0 Å². The predicted octanol–water partition coefficient (Wildman–Crippen LogP) is -1.04. The summed E-state index contributed by atoms with van der Waals surface area (Å²) in [6, 6.07) is -0.680. The van der Waals surface area contributed by atoms with E-state index < -0.39 is 23.8 Å². The zero-order valence-electron chi connectivity index (χ0n) is 9.08. The van der Waals surface area contributed by atoms with Gasteiger partial charge in [-0.2, -0.15) is 0 Å². The Bertz CT molecular complexity index is 474. The van der Waals surface area contributed by atoms with E-state index in [9.17, 15) is 14.4 Å². The molecule has 0 aliphatic carbocycles. The first kappa shape index (κ1) is 11.2. The minimum atomic E-state index is -0.680. The van der Waals surface area contributed by atoms with Gasteiger partial charge in [0.05, 0.1) is 5.56 Å². The number of carbonyl (C=O) groups excluding carboxylic acids is 3. The Balaban J connectivity index is 2.24. The lowest BCUT2D eigenvalue weighted by Gasteiger charge is -2.31. The van der Waals surface area contributed by atoms with E-state index in [1.54, 1.807) is 6.92 Å². The van der Waals surface area contributed by atoms with Gasteiger partial charge in [0.1, 0.15) is 18.9 Å². The van der Waals surface area contributed by atoms with Crippen molar-refractivity contribution in [3.8, 4) is 0 Å². The molecule has 0 radical (unpaired) electrons. The van der Waals surface area contributed by atoms with Crippen LogP contribution < -0.4 is 5.32 Å². The average Bonchev–Trinajstić information content (AvgIpc) is 2.34. The summed E-state index contributed by atoms with van der Waals surface area (Å²) in [7, 11) is 0. The van der Waals surface area contributed by atoms with Crippen LogP contribution in [0.4, 0.5) is 0 Å². The Kier molecular flexibility index (Phi) is 2.82. The highest BCUT2D eigenvalue weighted by Crippen LogP contribution is 2.09. The molecule has 2 rings (SSSR count). The van der Waals surface area contributed by atoms with Crippen molar-refractivity contribution in [1.82, 2.24) is 20.2 Å². The second-order valence-electron chi connectivity index (χ2n) is 3.65. The maximum absolute atomic E-state index is 12.0. The van der Waals surface area contributed by atoms with Crippen LogP contribution >= 0.6 is 0 Å². The SMILES string of the molecule is CC1C(=O)NC(=O)CN1C(=O)c1cncnc1. The highest BCUT2D eigenvalue weighted by molar-refractivity contribution is 6.06. The molecule has 1 aliphatic heterocycles. The van der Waals surface area contributed by atoms with Crippen molar-refractivity contribution < 1.29 is 14.4 Å². The molecule has 1 fully saturated rings. The Labute approximate surface area is 96.8 Å². The lowest BCUT2D eigenvalue weighted by Crippen LogP contribution is -2.58. The van der Waals surface area contributed by atoms with Crippen LogP contribution in [0.2, 0.25) is 0 Å². The number of aromatic nitrogens is 2. The van der Waals surface area contributed by atoms with Crippen LogP contribution in [0.5, 0.6) is 0 Å². The highest BCUT2D eigenvalue weighted by atomic mass is 16.2. The molecule has 2 heterocycles. The lowest BCUT2D eigenvalue weighted by molar-refractivity contribution is -0.138. The molecule has 1 N–H and O–H groups in total. The maximum atomic E-state index is 12.0. The molecule has 88 valence electrons. The van der Waals surface area contributed by atoms with Gasteiger partial charge in [0.2, 0.25) is 11.8 Å². The standard InChI is InChI=1S/C10H10N4O3/c1-6-9(16)13-8(15)4-14(6)10(17)7-2-11-5-12-3-7/h2-3,5-6H,4H2,1H3,(H,13,15,16). The molecule has 3 amide bonds. The van der Waals surface area contributed by atoms with Crippen LogP contribution in [0.25, 0.3) is 0 Å². The Morgan fingerprint density at radius 1 is 1.41 bits per heavy atom. The normalized spacial score (nSPS) is 20.1. The van der Waals surface area contributed by atoms with E-state index in [0.29, 0.717) is 0 Å². The zero-order chi connectivity index (χ0) is 12.4. The molecule has 0 spiro atoms. The second kappa shape index (κ2) is 4.28. The largest absolute Gasteiger partial charge is 0.317 e. The summed E-state index contributed by atoms with van der Waals surface area (Å²) in [5.74, 6) is -1.40. The fraction of sp³-hybridized carbons (Fsp3) is 0.300. The van der Waals surface area contributed by atoms with Crippen molar-refractivity contribution in [2.45, 2.75) is 13.0 Å². The molecule has 17 heavy (non-hydrogen) atoms. The molecule has 7 heteroatoms. The molecule has 1 atom stereocenters. The molecule has 1 unspecified atom stereocenters. The number of carbonyl (C=O) groups is 3. The maximum Gasteiger partial charge on any atom is 0.258 e. The Morgan fingerprint density at radius 2 is 2.06 bits per heavy atom. The van der Waals surface area contributed by atoms with E-state index >= 15 is 0 Å². The third kappa shape index (κ3) is 2.12. The Hall–Kier alpha value is -2.31. The third-order valence-corrected chi connectivity index (χ3v) is 2.49. The van der Waals surface area contributed by atoms with Crippen molar-refractivity contribution in [2.75, 3.05) is 6.54 Å². The number of nitrogens with zero attached hydrogens (tertiary/aromatic N) is 3. The molecule has 1 aromatic rings. The highest BCUT2D eigenvalue weighted by Gasteiger charge is 2.34. The van der Waals surface area contributed by atoms with Crippen LogP contribution in [-0.4, -0.2) is 45.2 Å². The van der Waals surface area contributed by atoms with Gasteiger partial charge in [-0.15, -0.1) is 0 Å². The van der Waals surface area contributed by atoms with Crippen molar-refractivity contribution in [1.29, 1.82) is 0 Å². The van der Waals surface area contributed by atoms with Crippen LogP contribution in [0.3, 0.4) is 0 Å². The van der Waals surface area contributed by atoms with Gasteiger partial charge in [0.15, 0.2) is 0 Å². The molecule has 0 aromatic carbocycles. The van der Waals surface area contributed by atoms with Crippen molar-refractivity contribution in [3.63, 3.8) is 0 Å². The van der Waals surface area contributed by atoms with E-state index in [2.05, 4.69) is 15.3 Å². The van der Waals surface area contributed by atoms with Crippen molar-refractivity contribution >= 4 is 17.7 Å². The molecule has 0 saturated carbocycles. The molecule has 1 saturated heterocycles. The molecule has 0 bridgehead atoms. The van der Waals surface area contributed by atoms with E-state index in [1.807, 2.05) is 0 Å². The van der Waals surface area contributed by atoms with Crippen molar-refractivity contribution in [2.24, 2.45) is 0 Å². The number of nitrogens with one attached hydrogen (secondary N) is 1. The summed E-state index contributed by atoms with van der Waals surface area (Å²) in [6.45, 7) is 1.42. The summed E-state index contributed by atoms with van der Waals surface area (Å²) in [5, 5.41) is 2.16. The van der Waals surface area contributed by atoms with Gasteiger partial charge in [0, 0.05) is 12.4 Å². The molecular weight excluding hydrogens is 224 g/mol. The van der Waals surface area contributed by atoms with E-state index in [-0.39, 0.29) is 12.1 Å². The smallest absolute Gasteiger partial charge is 0.258 e. The van der Waals surface area contributed by atoms with E-state index in [1.165, 1.54) is 23.6 Å². The molecular formula is C10H10N4O3.